The van der Waals surface area contributed by atoms with Crippen molar-refractivity contribution in [1.29, 1.82) is 5.26 Å². The fraction of sp³-hybridized carbons (Fsp3) is 0.400. The van der Waals surface area contributed by atoms with Crippen LogP contribution in [0.5, 0.6) is 0 Å². The molecule has 0 aromatic heterocycles. The van der Waals surface area contributed by atoms with Crippen LogP contribution >= 0.6 is 0 Å². The fourth-order valence-corrected chi connectivity index (χ4v) is 2.50. The van der Waals surface area contributed by atoms with Gasteiger partial charge in [0.15, 0.2) is 0 Å². The van der Waals surface area contributed by atoms with Crippen LogP contribution in [0.3, 0.4) is 0 Å². The van der Waals surface area contributed by atoms with Crippen LogP contribution in [0.2, 0.25) is 0 Å². The van der Waals surface area contributed by atoms with E-state index in [4.69, 9.17) is 5.26 Å². The third-order valence-corrected chi connectivity index (χ3v) is 3.77. The van der Waals surface area contributed by atoms with Crippen molar-refractivity contribution in [1.82, 2.24) is 0 Å². The summed E-state index contributed by atoms with van der Waals surface area (Å²) < 4.78 is 0. The first-order valence-corrected chi connectivity index (χ1v) is 6.46. The van der Waals surface area contributed by atoms with Crippen LogP contribution in [0.1, 0.15) is 24.8 Å². The highest BCUT2D eigenvalue weighted by atomic mass is 16.3. The fourth-order valence-electron chi connectivity index (χ4n) is 2.50. The molecule has 0 radical (unpaired) electrons. The summed E-state index contributed by atoms with van der Waals surface area (Å²) in [4.78, 5) is 2.21. The predicted octanol–water partition coefficient (Wildman–Crippen LogP) is 3.10. The molecule has 1 aromatic carbocycles. The van der Waals surface area contributed by atoms with Gasteiger partial charge in [-0.2, -0.15) is 5.26 Å². The number of hydrogen-bond donors (Lipinski definition) is 1. The lowest BCUT2D eigenvalue weighted by Crippen LogP contribution is -2.31. The zero-order chi connectivity index (χ0) is 12.5. The third-order valence-electron chi connectivity index (χ3n) is 3.77. The van der Waals surface area contributed by atoms with Crippen LogP contribution in [0.15, 0.2) is 29.8 Å². The summed E-state index contributed by atoms with van der Waals surface area (Å²) in [5.41, 5.74) is 2.32. The molecule has 0 amide bonds. The summed E-state index contributed by atoms with van der Waals surface area (Å²) >= 11 is 0. The molecule has 18 heavy (non-hydrogen) atoms. The van der Waals surface area contributed by atoms with Crippen LogP contribution in [-0.2, 0) is 0 Å². The van der Waals surface area contributed by atoms with Gasteiger partial charge < -0.3 is 10.0 Å². The van der Waals surface area contributed by atoms with Crippen molar-refractivity contribution in [3.8, 4) is 6.07 Å². The Morgan fingerprint density at radius 3 is 2.83 bits per heavy atom. The topological polar surface area (TPSA) is 47.3 Å². The van der Waals surface area contributed by atoms with E-state index in [0.29, 0.717) is 12.1 Å². The molecule has 0 unspecified atom stereocenters. The van der Waals surface area contributed by atoms with Crippen molar-refractivity contribution >= 4 is 11.4 Å². The molecule has 3 heteroatoms. The second-order valence-electron chi connectivity index (χ2n) is 5.11. The maximum atomic E-state index is 10.1. The average Bonchev–Trinajstić information content (AvgIpc) is 3.22. The summed E-state index contributed by atoms with van der Waals surface area (Å²) in [6, 6.07) is 9.89. The first-order chi connectivity index (χ1) is 8.79. The van der Waals surface area contributed by atoms with Crippen molar-refractivity contribution in [2.45, 2.75) is 19.3 Å². The Hall–Kier alpha value is -1.95. The molecule has 1 saturated carbocycles. The molecule has 1 N–H and O–H groups in total. The third kappa shape index (κ3) is 1.95. The zero-order valence-electron chi connectivity index (χ0n) is 10.3. The van der Waals surface area contributed by atoms with Gasteiger partial charge >= 0.3 is 0 Å². The standard InChI is InChI=1S/C15H16N2O/c16-9-12-10-17(8-7-11-5-6-11)14-4-2-1-3-13(14)15(12)18/h1-4,11,18H,5-8,10H2. The van der Waals surface area contributed by atoms with Gasteiger partial charge in [0.2, 0.25) is 0 Å². The summed E-state index contributed by atoms with van der Waals surface area (Å²) in [5, 5.41) is 19.2. The monoisotopic (exact) mass is 240 g/mol. The van der Waals surface area contributed by atoms with E-state index in [1.54, 1.807) is 0 Å². The van der Waals surface area contributed by atoms with Gasteiger partial charge in [0.25, 0.3) is 0 Å². The number of rotatable bonds is 3. The van der Waals surface area contributed by atoms with Crippen LogP contribution in [-0.4, -0.2) is 18.2 Å². The number of nitriles is 1. The number of aliphatic hydroxyl groups excluding tert-OH is 1. The Labute approximate surface area is 107 Å². The lowest BCUT2D eigenvalue weighted by Gasteiger charge is -2.30. The molecule has 1 aliphatic heterocycles. The Balaban J connectivity index is 1.90. The van der Waals surface area contributed by atoms with E-state index in [-0.39, 0.29) is 5.76 Å². The molecule has 0 spiro atoms. The maximum absolute atomic E-state index is 10.1. The minimum atomic E-state index is 0.149. The molecule has 3 rings (SSSR count). The number of hydrogen-bond acceptors (Lipinski definition) is 3. The van der Waals surface area contributed by atoms with Gasteiger partial charge in [-0.15, -0.1) is 0 Å². The van der Waals surface area contributed by atoms with Crippen LogP contribution < -0.4 is 4.90 Å². The van der Waals surface area contributed by atoms with E-state index < -0.39 is 0 Å². The average molecular weight is 240 g/mol. The Morgan fingerprint density at radius 2 is 2.11 bits per heavy atom. The predicted molar refractivity (Wildman–Crippen MR) is 71.2 cm³/mol. The van der Waals surface area contributed by atoms with Crippen molar-refractivity contribution in [3.63, 3.8) is 0 Å². The van der Waals surface area contributed by atoms with E-state index in [1.165, 1.54) is 19.3 Å². The molecule has 1 aliphatic carbocycles. The van der Waals surface area contributed by atoms with Crippen molar-refractivity contribution in [2.75, 3.05) is 18.0 Å². The number of nitrogens with zero attached hydrogens (tertiary/aromatic N) is 2. The summed E-state index contributed by atoms with van der Waals surface area (Å²) in [7, 11) is 0. The van der Waals surface area contributed by atoms with Gasteiger partial charge in [0.1, 0.15) is 11.8 Å². The molecular formula is C15H16N2O. The van der Waals surface area contributed by atoms with Gasteiger partial charge in [-0.25, -0.2) is 0 Å². The summed E-state index contributed by atoms with van der Waals surface area (Å²) in [5.74, 6) is 1.03. The lowest BCUT2D eigenvalue weighted by atomic mass is 10.0. The Bertz CT molecular complexity index is 538. The zero-order valence-corrected chi connectivity index (χ0v) is 10.3. The molecule has 92 valence electrons. The van der Waals surface area contributed by atoms with Crippen molar-refractivity contribution in [2.24, 2.45) is 5.92 Å². The van der Waals surface area contributed by atoms with Crippen LogP contribution in [0.25, 0.3) is 5.76 Å². The SMILES string of the molecule is N#CC1=C(O)c2ccccc2N(CCC2CC2)C1. The molecule has 0 atom stereocenters. The summed E-state index contributed by atoms with van der Waals surface area (Å²) in [6.45, 7) is 1.51. The maximum Gasteiger partial charge on any atom is 0.140 e. The highest BCUT2D eigenvalue weighted by molar-refractivity contribution is 5.80. The minimum Gasteiger partial charge on any atom is -0.506 e. The highest BCUT2D eigenvalue weighted by Gasteiger charge is 2.26. The largest absolute Gasteiger partial charge is 0.506 e. The molecule has 2 aliphatic rings. The van der Waals surface area contributed by atoms with E-state index in [0.717, 1.165) is 23.7 Å². The van der Waals surface area contributed by atoms with Gasteiger partial charge in [0, 0.05) is 17.8 Å². The second-order valence-corrected chi connectivity index (χ2v) is 5.11. The van der Waals surface area contributed by atoms with E-state index in [1.807, 2.05) is 24.3 Å². The van der Waals surface area contributed by atoms with E-state index in [2.05, 4.69) is 11.0 Å². The first kappa shape index (κ1) is 11.2. The molecule has 1 fully saturated rings. The minimum absolute atomic E-state index is 0.149. The van der Waals surface area contributed by atoms with Gasteiger partial charge in [-0.1, -0.05) is 25.0 Å². The molecular weight excluding hydrogens is 224 g/mol. The van der Waals surface area contributed by atoms with E-state index >= 15 is 0 Å². The van der Waals surface area contributed by atoms with Gasteiger partial charge in [-0.3, -0.25) is 0 Å². The molecule has 0 bridgehead atoms. The Morgan fingerprint density at radius 1 is 1.33 bits per heavy atom. The number of para-hydroxylation sites is 1. The van der Waals surface area contributed by atoms with Crippen molar-refractivity contribution in [3.05, 3.63) is 35.4 Å². The normalized spacial score (nSPS) is 18.5. The number of fused-ring (bicyclic) bond motifs is 1. The lowest BCUT2D eigenvalue weighted by molar-refractivity contribution is 0.503. The number of benzene rings is 1. The quantitative estimate of drug-likeness (QED) is 0.883. The number of anilines is 1. The summed E-state index contributed by atoms with van der Waals surface area (Å²) in [6.07, 6.45) is 3.89. The smallest absolute Gasteiger partial charge is 0.140 e. The van der Waals surface area contributed by atoms with E-state index in [9.17, 15) is 5.11 Å². The number of aliphatic hydroxyl groups is 1. The molecule has 1 heterocycles. The Kier molecular flexibility index (Phi) is 2.71. The molecule has 3 nitrogen and oxygen atoms in total. The first-order valence-electron chi connectivity index (χ1n) is 6.46. The van der Waals surface area contributed by atoms with Crippen LogP contribution in [0, 0.1) is 17.2 Å². The molecule has 1 aromatic rings. The van der Waals surface area contributed by atoms with Gasteiger partial charge in [-0.05, 0) is 24.5 Å². The second kappa shape index (κ2) is 4.38. The highest BCUT2D eigenvalue weighted by Crippen LogP contribution is 2.36. The van der Waals surface area contributed by atoms with Crippen LogP contribution in [0.4, 0.5) is 5.69 Å². The molecule has 0 saturated heterocycles. The van der Waals surface area contributed by atoms with Gasteiger partial charge in [0.05, 0.1) is 12.1 Å². The van der Waals surface area contributed by atoms with Crippen molar-refractivity contribution < 1.29 is 5.11 Å².